The summed E-state index contributed by atoms with van der Waals surface area (Å²) in [4.78, 5) is 35.7. The molecular weight excluding hydrogens is 458 g/mol. The molecule has 2 aromatic carbocycles. The maximum Gasteiger partial charge on any atom is 0.269 e. The fourth-order valence-corrected chi connectivity index (χ4v) is 3.75. The van der Waals surface area contributed by atoms with Crippen molar-refractivity contribution in [2.24, 2.45) is 9.98 Å². The van der Waals surface area contributed by atoms with Gasteiger partial charge >= 0.3 is 0 Å². The normalized spacial score (nSPS) is 12.3. The molecule has 1 heterocycles. The van der Waals surface area contributed by atoms with E-state index in [9.17, 15) is 20.2 Å². The highest BCUT2D eigenvalue weighted by Gasteiger charge is 2.15. The minimum absolute atomic E-state index is 0.0364. The van der Waals surface area contributed by atoms with E-state index in [0.29, 0.717) is 34.2 Å². The number of nitro benzene ring substituents is 2. The standard InChI is InChI=1S/C27H29N5O4/c1-16(2)22-14-20(31(33)34)10-12-26(22)28-18(5)24-8-7-9-25(30-24)19(6)29-27-13-11-21(32(35)36)15-23(27)17(3)4/h7-17H,1-6H3. The van der Waals surface area contributed by atoms with Gasteiger partial charge in [-0.05, 0) is 61.1 Å². The van der Waals surface area contributed by atoms with Crippen molar-refractivity contribution in [3.05, 3.63) is 97.3 Å². The molecule has 0 aliphatic rings. The zero-order valence-electron chi connectivity index (χ0n) is 21.2. The van der Waals surface area contributed by atoms with Gasteiger partial charge in [-0.3, -0.25) is 30.2 Å². The molecule has 0 unspecified atom stereocenters. The van der Waals surface area contributed by atoms with Crippen molar-refractivity contribution in [1.82, 2.24) is 4.98 Å². The highest BCUT2D eigenvalue weighted by atomic mass is 16.6. The third-order valence-electron chi connectivity index (χ3n) is 5.75. The maximum atomic E-state index is 11.2. The van der Waals surface area contributed by atoms with Gasteiger partial charge in [-0.25, -0.2) is 4.98 Å². The highest BCUT2D eigenvalue weighted by Crippen LogP contribution is 2.32. The topological polar surface area (TPSA) is 124 Å². The number of nitrogens with zero attached hydrogens (tertiary/aromatic N) is 5. The van der Waals surface area contributed by atoms with Gasteiger partial charge in [0.2, 0.25) is 0 Å². The molecule has 0 bridgehead atoms. The first-order valence-electron chi connectivity index (χ1n) is 11.6. The number of aliphatic imine (C=N–C) groups is 2. The summed E-state index contributed by atoms with van der Waals surface area (Å²) in [5.41, 5.74) is 5.62. The van der Waals surface area contributed by atoms with E-state index in [0.717, 1.165) is 11.1 Å². The quantitative estimate of drug-likeness (QED) is 0.186. The van der Waals surface area contributed by atoms with E-state index in [4.69, 9.17) is 15.0 Å². The van der Waals surface area contributed by atoms with Gasteiger partial charge in [-0.1, -0.05) is 33.8 Å². The summed E-state index contributed by atoms with van der Waals surface area (Å²) >= 11 is 0. The van der Waals surface area contributed by atoms with Crippen molar-refractivity contribution >= 4 is 34.2 Å². The number of nitro groups is 2. The van der Waals surface area contributed by atoms with E-state index in [-0.39, 0.29) is 23.2 Å². The van der Waals surface area contributed by atoms with Crippen LogP contribution in [0.4, 0.5) is 22.7 Å². The minimum Gasteiger partial charge on any atom is -0.258 e. The Balaban J connectivity index is 1.99. The molecule has 0 saturated heterocycles. The summed E-state index contributed by atoms with van der Waals surface area (Å²) in [6, 6.07) is 14.9. The lowest BCUT2D eigenvalue weighted by Gasteiger charge is -2.11. The molecule has 0 saturated carbocycles. The summed E-state index contributed by atoms with van der Waals surface area (Å²) < 4.78 is 0. The van der Waals surface area contributed by atoms with Crippen LogP contribution in [0.1, 0.15) is 75.9 Å². The Kier molecular flexibility index (Phi) is 8.03. The first-order valence-corrected chi connectivity index (χ1v) is 11.6. The van der Waals surface area contributed by atoms with Crippen LogP contribution in [0.25, 0.3) is 0 Å². The number of rotatable bonds is 8. The second-order valence-electron chi connectivity index (χ2n) is 9.11. The lowest BCUT2D eigenvalue weighted by atomic mass is 10.0. The second kappa shape index (κ2) is 11.0. The first-order chi connectivity index (χ1) is 17.0. The van der Waals surface area contributed by atoms with Crippen LogP contribution in [0.2, 0.25) is 0 Å². The smallest absolute Gasteiger partial charge is 0.258 e. The largest absolute Gasteiger partial charge is 0.269 e. The van der Waals surface area contributed by atoms with Gasteiger partial charge in [0.25, 0.3) is 11.4 Å². The molecule has 0 atom stereocenters. The average molecular weight is 488 g/mol. The highest BCUT2D eigenvalue weighted by molar-refractivity contribution is 6.02. The maximum absolute atomic E-state index is 11.2. The molecule has 0 spiro atoms. The number of hydrogen-bond acceptors (Lipinski definition) is 7. The van der Waals surface area contributed by atoms with Crippen LogP contribution >= 0.6 is 0 Å². The molecule has 0 aliphatic heterocycles. The van der Waals surface area contributed by atoms with Gasteiger partial charge in [-0.2, -0.15) is 0 Å². The molecule has 0 amide bonds. The Morgan fingerprint density at radius 1 is 0.722 bits per heavy atom. The molecule has 0 aliphatic carbocycles. The molecule has 9 heteroatoms. The molecular formula is C27H29N5O4. The Bertz CT molecular complexity index is 1280. The van der Waals surface area contributed by atoms with Crippen molar-refractivity contribution in [1.29, 1.82) is 0 Å². The van der Waals surface area contributed by atoms with Gasteiger partial charge in [0.1, 0.15) is 0 Å². The molecule has 186 valence electrons. The van der Waals surface area contributed by atoms with E-state index in [1.165, 1.54) is 12.1 Å². The third-order valence-corrected chi connectivity index (χ3v) is 5.75. The monoisotopic (exact) mass is 487 g/mol. The van der Waals surface area contributed by atoms with Crippen LogP contribution in [0.3, 0.4) is 0 Å². The van der Waals surface area contributed by atoms with E-state index in [1.54, 1.807) is 24.3 Å². The lowest BCUT2D eigenvalue weighted by molar-refractivity contribution is -0.385. The van der Waals surface area contributed by atoms with Crippen LogP contribution < -0.4 is 0 Å². The average Bonchev–Trinajstić information content (AvgIpc) is 2.83. The van der Waals surface area contributed by atoms with Gasteiger partial charge in [0.15, 0.2) is 0 Å². The first kappa shape index (κ1) is 26.3. The molecule has 0 fully saturated rings. The molecule has 9 nitrogen and oxygen atoms in total. The lowest BCUT2D eigenvalue weighted by Crippen LogP contribution is -2.05. The zero-order valence-corrected chi connectivity index (χ0v) is 21.2. The number of aromatic nitrogens is 1. The van der Waals surface area contributed by atoms with Crippen LogP contribution in [0.5, 0.6) is 0 Å². The number of hydrogen-bond donors (Lipinski definition) is 0. The number of pyridine rings is 1. The zero-order chi connectivity index (χ0) is 26.6. The van der Waals surface area contributed by atoms with Crippen LogP contribution in [-0.2, 0) is 0 Å². The van der Waals surface area contributed by atoms with Gasteiger partial charge in [-0.15, -0.1) is 0 Å². The van der Waals surface area contributed by atoms with Crippen molar-refractivity contribution < 1.29 is 9.85 Å². The SMILES string of the molecule is CC(=Nc1ccc([N+](=O)[O-])cc1C(C)C)c1cccc(C(C)=Nc2ccc([N+](=O)[O-])cc2C(C)C)n1. The minimum atomic E-state index is -0.408. The third kappa shape index (κ3) is 6.04. The van der Waals surface area contributed by atoms with E-state index >= 15 is 0 Å². The van der Waals surface area contributed by atoms with Crippen molar-refractivity contribution in [3.63, 3.8) is 0 Å². The Labute approximate surface area is 210 Å². The molecule has 3 aromatic rings. The molecule has 36 heavy (non-hydrogen) atoms. The summed E-state index contributed by atoms with van der Waals surface area (Å²) in [5.74, 6) is 0.115. The van der Waals surface area contributed by atoms with E-state index in [1.807, 2.05) is 59.7 Å². The van der Waals surface area contributed by atoms with Crippen molar-refractivity contribution in [2.75, 3.05) is 0 Å². The predicted molar refractivity (Wildman–Crippen MR) is 142 cm³/mol. The Morgan fingerprint density at radius 2 is 1.11 bits per heavy atom. The summed E-state index contributed by atoms with van der Waals surface area (Å²) in [7, 11) is 0. The Morgan fingerprint density at radius 3 is 1.44 bits per heavy atom. The second-order valence-corrected chi connectivity index (χ2v) is 9.11. The fourth-order valence-electron chi connectivity index (χ4n) is 3.75. The summed E-state index contributed by atoms with van der Waals surface area (Å²) in [5, 5.41) is 22.4. The van der Waals surface area contributed by atoms with Crippen molar-refractivity contribution in [3.8, 4) is 0 Å². The number of non-ortho nitro benzene ring substituents is 2. The molecule has 3 rings (SSSR count). The van der Waals surface area contributed by atoms with Crippen LogP contribution in [-0.4, -0.2) is 26.3 Å². The van der Waals surface area contributed by atoms with Gasteiger partial charge in [0.05, 0.1) is 44.0 Å². The number of benzene rings is 2. The molecule has 1 aromatic heterocycles. The van der Waals surface area contributed by atoms with Gasteiger partial charge < -0.3 is 0 Å². The van der Waals surface area contributed by atoms with E-state index in [2.05, 4.69) is 0 Å². The summed E-state index contributed by atoms with van der Waals surface area (Å²) in [6.45, 7) is 11.6. The van der Waals surface area contributed by atoms with Crippen LogP contribution in [0.15, 0.2) is 64.6 Å². The van der Waals surface area contributed by atoms with Crippen LogP contribution in [0, 0.1) is 20.2 Å². The van der Waals surface area contributed by atoms with E-state index < -0.39 is 9.85 Å². The predicted octanol–water partition coefficient (Wildman–Crippen LogP) is 7.43. The summed E-state index contributed by atoms with van der Waals surface area (Å²) in [6.07, 6.45) is 0. The molecule has 0 N–H and O–H groups in total. The molecule has 0 radical (unpaired) electrons. The van der Waals surface area contributed by atoms with Gasteiger partial charge in [0, 0.05) is 24.3 Å². The fraction of sp³-hybridized carbons (Fsp3) is 0.296. The van der Waals surface area contributed by atoms with Crippen molar-refractivity contribution in [2.45, 2.75) is 53.4 Å². The Hall–Kier alpha value is -4.27.